The highest BCUT2D eigenvalue weighted by molar-refractivity contribution is 5.71. The summed E-state index contributed by atoms with van der Waals surface area (Å²) in [6.45, 7) is 6.60. The van der Waals surface area contributed by atoms with E-state index in [0.29, 0.717) is 19.3 Å². The number of hydrogen-bond acceptors (Lipinski definition) is 6. The third kappa shape index (κ3) is 58.4. The Labute approximate surface area is 442 Å². The minimum atomic E-state index is -0.774. The summed E-state index contributed by atoms with van der Waals surface area (Å²) in [5.41, 5.74) is 0. The Hall–Kier alpha value is -2.37. The van der Waals surface area contributed by atoms with Gasteiger partial charge in [-0.25, -0.2) is 0 Å². The first-order valence-corrected chi connectivity index (χ1v) is 31.5. The zero-order chi connectivity index (χ0) is 51.4. The molecule has 0 saturated carbocycles. The number of unbranched alkanes of at least 4 members (excludes halogenated alkanes) is 41. The maximum atomic E-state index is 12.8. The Bertz CT molecular complexity index is 1190. The highest BCUT2D eigenvalue weighted by Gasteiger charge is 2.19. The van der Waals surface area contributed by atoms with Crippen LogP contribution in [0.1, 0.15) is 342 Å². The van der Waals surface area contributed by atoms with E-state index in [1.165, 1.54) is 218 Å². The van der Waals surface area contributed by atoms with E-state index in [1.807, 2.05) is 0 Å². The highest BCUT2D eigenvalue weighted by Crippen LogP contribution is 2.17. The summed E-state index contributed by atoms with van der Waals surface area (Å²) in [7, 11) is 0. The molecular weight excluding hydrogens is 877 g/mol. The molecule has 0 aliphatic heterocycles. The van der Waals surface area contributed by atoms with E-state index in [0.717, 1.165) is 83.5 Å². The van der Waals surface area contributed by atoms with Crippen molar-refractivity contribution < 1.29 is 28.6 Å². The van der Waals surface area contributed by atoms with Crippen LogP contribution in [0.5, 0.6) is 0 Å². The third-order valence-corrected chi connectivity index (χ3v) is 14.1. The quantitative estimate of drug-likeness (QED) is 0.0261. The normalized spacial score (nSPS) is 12.2. The van der Waals surface area contributed by atoms with Crippen molar-refractivity contribution >= 4 is 17.9 Å². The molecule has 6 heteroatoms. The van der Waals surface area contributed by atoms with Gasteiger partial charge in [-0.2, -0.15) is 0 Å². The number of carbonyl (C=O) groups is 3. The fourth-order valence-electron chi connectivity index (χ4n) is 9.35. The molecule has 1 unspecified atom stereocenters. The lowest BCUT2D eigenvalue weighted by atomic mass is 10.0. The number of ether oxygens (including phenoxy) is 3. The molecule has 0 fully saturated rings. The minimum absolute atomic E-state index is 0.0739. The zero-order valence-corrected chi connectivity index (χ0v) is 47.8. The van der Waals surface area contributed by atoms with Crippen molar-refractivity contribution in [2.45, 2.75) is 348 Å². The molecule has 71 heavy (non-hydrogen) atoms. The van der Waals surface area contributed by atoms with Gasteiger partial charge in [0.2, 0.25) is 0 Å². The van der Waals surface area contributed by atoms with Gasteiger partial charge in [-0.1, -0.05) is 282 Å². The van der Waals surface area contributed by atoms with Crippen molar-refractivity contribution in [3.8, 4) is 0 Å². The topological polar surface area (TPSA) is 78.9 Å². The Kier molecular flexibility index (Phi) is 58.2. The summed E-state index contributed by atoms with van der Waals surface area (Å²) in [6.07, 6.45) is 73.4. The van der Waals surface area contributed by atoms with E-state index in [-0.39, 0.29) is 31.1 Å². The minimum Gasteiger partial charge on any atom is -0.462 e. The molecule has 0 amide bonds. The second-order valence-electron chi connectivity index (χ2n) is 21.3. The molecule has 1 atom stereocenters. The van der Waals surface area contributed by atoms with Crippen LogP contribution in [0, 0.1) is 0 Å². The van der Waals surface area contributed by atoms with Crippen LogP contribution in [0.2, 0.25) is 0 Å². The summed E-state index contributed by atoms with van der Waals surface area (Å²) in [6, 6.07) is 0. The van der Waals surface area contributed by atoms with Gasteiger partial charge in [-0.3, -0.25) is 14.4 Å². The Balaban J connectivity index is 3.99. The van der Waals surface area contributed by atoms with Gasteiger partial charge in [-0.15, -0.1) is 0 Å². The van der Waals surface area contributed by atoms with Crippen molar-refractivity contribution in [2.75, 3.05) is 13.2 Å². The van der Waals surface area contributed by atoms with Gasteiger partial charge in [0, 0.05) is 19.3 Å². The summed E-state index contributed by atoms with van der Waals surface area (Å²) < 4.78 is 16.8. The standard InChI is InChI=1S/C65H120O6/c1-4-7-10-13-16-18-20-22-24-25-26-27-28-29-30-31-32-33-34-35-36-37-38-39-41-42-44-46-49-52-55-58-64(67)70-61-62(60-69-63(66)57-54-51-48-15-12-9-6-3)71-65(68)59-56-53-50-47-45-43-40-23-21-19-17-14-11-8-5-2/h17,19,23,25-26,40,62H,4-16,18,20-22,24,27-39,41-61H2,1-3H3/b19-17-,26-25-,40-23-. The predicted octanol–water partition coefficient (Wildman–Crippen LogP) is 21.2. The maximum absolute atomic E-state index is 12.8. The SMILES string of the molecule is CCCCC/C=C\C/C=C\CCCCCCCC(=O)OC(COC(=O)CCCCCCCCC)COC(=O)CCCCCCCCCCCCCCCCCCCCC/C=C\CCCCCCCCCC. The molecule has 6 nitrogen and oxygen atoms in total. The number of carbonyl (C=O) groups excluding carboxylic acids is 3. The van der Waals surface area contributed by atoms with Gasteiger partial charge in [-0.05, 0) is 77.0 Å². The van der Waals surface area contributed by atoms with Crippen LogP contribution in [-0.4, -0.2) is 37.2 Å². The van der Waals surface area contributed by atoms with Crippen LogP contribution in [0.4, 0.5) is 0 Å². The van der Waals surface area contributed by atoms with Crippen molar-refractivity contribution in [2.24, 2.45) is 0 Å². The molecule has 0 N–H and O–H groups in total. The van der Waals surface area contributed by atoms with Crippen LogP contribution in [0.25, 0.3) is 0 Å². The summed E-state index contributed by atoms with van der Waals surface area (Å²) in [5.74, 6) is -0.878. The van der Waals surface area contributed by atoms with Gasteiger partial charge < -0.3 is 14.2 Å². The molecule has 0 aliphatic carbocycles. The predicted molar refractivity (Wildman–Crippen MR) is 307 cm³/mol. The highest BCUT2D eigenvalue weighted by atomic mass is 16.6. The monoisotopic (exact) mass is 997 g/mol. The van der Waals surface area contributed by atoms with Crippen molar-refractivity contribution in [3.63, 3.8) is 0 Å². The van der Waals surface area contributed by atoms with Gasteiger partial charge >= 0.3 is 17.9 Å². The number of allylic oxidation sites excluding steroid dienone is 6. The molecule has 0 heterocycles. The van der Waals surface area contributed by atoms with E-state index in [4.69, 9.17) is 14.2 Å². The zero-order valence-electron chi connectivity index (χ0n) is 47.8. The largest absolute Gasteiger partial charge is 0.462 e. The average molecular weight is 998 g/mol. The van der Waals surface area contributed by atoms with Crippen LogP contribution < -0.4 is 0 Å². The van der Waals surface area contributed by atoms with E-state index in [9.17, 15) is 14.4 Å². The van der Waals surface area contributed by atoms with E-state index < -0.39 is 6.10 Å². The lowest BCUT2D eigenvalue weighted by molar-refractivity contribution is -0.167. The van der Waals surface area contributed by atoms with Crippen molar-refractivity contribution in [3.05, 3.63) is 36.5 Å². The molecule has 0 spiro atoms. The van der Waals surface area contributed by atoms with E-state index in [1.54, 1.807) is 0 Å². The van der Waals surface area contributed by atoms with Crippen LogP contribution >= 0.6 is 0 Å². The van der Waals surface area contributed by atoms with Gasteiger partial charge in [0.15, 0.2) is 6.10 Å². The average Bonchev–Trinajstić information content (AvgIpc) is 3.37. The van der Waals surface area contributed by atoms with Crippen molar-refractivity contribution in [1.82, 2.24) is 0 Å². The Morgan fingerprint density at radius 3 is 0.817 bits per heavy atom. The molecule has 0 aromatic rings. The molecule has 0 aromatic carbocycles. The number of hydrogen-bond donors (Lipinski definition) is 0. The number of esters is 3. The second kappa shape index (κ2) is 60.2. The molecular formula is C65H120O6. The maximum Gasteiger partial charge on any atom is 0.306 e. The first-order valence-electron chi connectivity index (χ1n) is 31.5. The first-order chi connectivity index (χ1) is 35.0. The molecule has 0 bridgehead atoms. The number of rotatable bonds is 58. The van der Waals surface area contributed by atoms with Gasteiger partial charge in [0.1, 0.15) is 13.2 Å². The van der Waals surface area contributed by atoms with Crippen LogP contribution in [-0.2, 0) is 28.6 Å². The molecule has 0 aliphatic rings. The molecule has 0 saturated heterocycles. The molecule has 0 rings (SSSR count). The first kappa shape index (κ1) is 68.6. The fourth-order valence-corrected chi connectivity index (χ4v) is 9.35. The summed E-state index contributed by atoms with van der Waals surface area (Å²) in [5, 5.41) is 0. The summed E-state index contributed by atoms with van der Waals surface area (Å²) >= 11 is 0. The van der Waals surface area contributed by atoms with Gasteiger partial charge in [0.25, 0.3) is 0 Å². The second-order valence-corrected chi connectivity index (χ2v) is 21.3. The van der Waals surface area contributed by atoms with Crippen molar-refractivity contribution in [1.29, 1.82) is 0 Å². The smallest absolute Gasteiger partial charge is 0.306 e. The lowest BCUT2D eigenvalue weighted by Gasteiger charge is -2.18. The molecule has 416 valence electrons. The van der Waals surface area contributed by atoms with E-state index in [2.05, 4.69) is 57.2 Å². The Morgan fingerprint density at radius 1 is 0.282 bits per heavy atom. The molecule has 0 aromatic heterocycles. The third-order valence-electron chi connectivity index (χ3n) is 14.1. The lowest BCUT2D eigenvalue weighted by Crippen LogP contribution is -2.30. The summed E-state index contributed by atoms with van der Waals surface area (Å²) in [4.78, 5) is 38.0. The van der Waals surface area contributed by atoms with Crippen LogP contribution in [0.15, 0.2) is 36.5 Å². The fraction of sp³-hybridized carbons (Fsp3) is 0.862. The van der Waals surface area contributed by atoms with Crippen LogP contribution in [0.3, 0.4) is 0 Å². The van der Waals surface area contributed by atoms with Gasteiger partial charge in [0.05, 0.1) is 0 Å². The molecule has 0 radical (unpaired) electrons. The van der Waals surface area contributed by atoms with E-state index >= 15 is 0 Å². The Morgan fingerprint density at radius 2 is 0.507 bits per heavy atom.